The van der Waals surface area contributed by atoms with Gasteiger partial charge in [-0.05, 0) is 55.3 Å². The molecule has 0 aliphatic heterocycles. The predicted octanol–water partition coefficient (Wildman–Crippen LogP) is 8.07. The Hall–Kier alpha value is -3.78. The molecule has 1 heterocycles. The van der Waals surface area contributed by atoms with Gasteiger partial charge >= 0.3 is 0 Å². The van der Waals surface area contributed by atoms with Gasteiger partial charge in [0.05, 0.1) is 11.4 Å². The molecule has 0 saturated heterocycles. The van der Waals surface area contributed by atoms with Gasteiger partial charge in [0.15, 0.2) is 0 Å². The van der Waals surface area contributed by atoms with Gasteiger partial charge in [-0.2, -0.15) is 0 Å². The fraction of sp³-hybridized carbons (Fsp3) is 0.103. The summed E-state index contributed by atoms with van der Waals surface area (Å²) in [5.41, 5.74) is 7.34. The Morgan fingerprint density at radius 1 is 0.710 bits per heavy atom. The van der Waals surface area contributed by atoms with Crippen LogP contribution < -0.4 is 0 Å². The minimum atomic E-state index is 0.825. The van der Waals surface area contributed by atoms with Crippen molar-refractivity contribution in [3.8, 4) is 11.3 Å². The maximum absolute atomic E-state index is 4.38. The molecule has 4 aromatic rings. The summed E-state index contributed by atoms with van der Waals surface area (Å²) in [7, 11) is 0. The molecular weight excluding hydrogens is 376 g/mol. The first-order valence-electron chi connectivity index (χ1n) is 10.3. The van der Waals surface area contributed by atoms with E-state index in [9.17, 15) is 0 Å². The third-order valence-corrected chi connectivity index (χ3v) is 4.78. The molecule has 0 bridgehead atoms. The standard InChI is InChI=1S/C15H15N.C14H13N/c1-11(2)16-12(3)14-9-8-13-6-4-5-7-15(13)10-14;1-11(2)12-6-8-13(9-7-12)14-5-3-4-10-15-14/h4-10H,3H2,1-2H3;3-10H,1H2,2H3. The summed E-state index contributed by atoms with van der Waals surface area (Å²) in [5, 5.41) is 2.47. The number of aliphatic imine (C=N–C) groups is 1. The summed E-state index contributed by atoms with van der Waals surface area (Å²) in [4.78, 5) is 8.68. The van der Waals surface area contributed by atoms with Gasteiger partial charge in [0.25, 0.3) is 0 Å². The van der Waals surface area contributed by atoms with Crippen LogP contribution in [0.1, 0.15) is 31.9 Å². The first-order chi connectivity index (χ1) is 14.9. The molecule has 2 nitrogen and oxygen atoms in total. The third kappa shape index (κ3) is 6.10. The predicted molar refractivity (Wildman–Crippen MR) is 136 cm³/mol. The molecular formula is C29H28N2. The Balaban J connectivity index is 0.000000176. The number of nitrogens with zero attached hydrogens (tertiary/aromatic N) is 2. The average Bonchev–Trinajstić information content (AvgIpc) is 2.79. The van der Waals surface area contributed by atoms with Crippen molar-refractivity contribution in [1.82, 2.24) is 4.98 Å². The molecule has 0 amide bonds. The quantitative estimate of drug-likeness (QED) is 0.316. The van der Waals surface area contributed by atoms with Gasteiger partial charge in [0, 0.05) is 23.0 Å². The second-order valence-electron chi connectivity index (χ2n) is 7.64. The van der Waals surface area contributed by atoms with Crippen molar-refractivity contribution < 1.29 is 0 Å². The molecule has 0 radical (unpaired) electrons. The molecule has 31 heavy (non-hydrogen) atoms. The van der Waals surface area contributed by atoms with Crippen LogP contribution in [0.5, 0.6) is 0 Å². The molecule has 0 aliphatic carbocycles. The number of hydrogen-bond acceptors (Lipinski definition) is 2. The summed E-state index contributed by atoms with van der Waals surface area (Å²) in [6.45, 7) is 13.9. The Kier molecular flexibility index (Phi) is 7.29. The number of rotatable bonds is 4. The van der Waals surface area contributed by atoms with Gasteiger partial charge in [-0.3, -0.25) is 9.98 Å². The van der Waals surface area contributed by atoms with E-state index in [1.807, 2.05) is 57.3 Å². The third-order valence-electron chi connectivity index (χ3n) is 4.78. The van der Waals surface area contributed by atoms with E-state index in [2.05, 4.69) is 77.7 Å². The van der Waals surface area contributed by atoms with Gasteiger partial charge in [-0.25, -0.2) is 0 Å². The number of hydrogen-bond donors (Lipinski definition) is 0. The van der Waals surface area contributed by atoms with Crippen molar-refractivity contribution in [2.75, 3.05) is 0 Å². The first-order valence-corrected chi connectivity index (χ1v) is 10.3. The summed E-state index contributed by atoms with van der Waals surface area (Å²) < 4.78 is 0. The molecule has 3 aromatic carbocycles. The summed E-state index contributed by atoms with van der Waals surface area (Å²) in [5.74, 6) is 0. The largest absolute Gasteiger partial charge is 0.258 e. The second kappa shape index (κ2) is 10.3. The van der Waals surface area contributed by atoms with Gasteiger partial charge in [0.2, 0.25) is 0 Å². The molecule has 4 rings (SSSR count). The van der Waals surface area contributed by atoms with Crippen molar-refractivity contribution in [3.05, 3.63) is 115 Å². The van der Waals surface area contributed by atoms with E-state index in [-0.39, 0.29) is 0 Å². The monoisotopic (exact) mass is 404 g/mol. The fourth-order valence-corrected chi connectivity index (χ4v) is 3.16. The lowest BCUT2D eigenvalue weighted by atomic mass is 10.0. The highest BCUT2D eigenvalue weighted by Gasteiger charge is 1.99. The van der Waals surface area contributed by atoms with E-state index >= 15 is 0 Å². The summed E-state index contributed by atoms with van der Waals surface area (Å²) >= 11 is 0. The van der Waals surface area contributed by atoms with Gasteiger partial charge in [-0.1, -0.05) is 85.5 Å². The second-order valence-corrected chi connectivity index (χ2v) is 7.64. The van der Waals surface area contributed by atoms with Crippen LogP contribution in [0.2, 0.25) is 0 Å². The number of pyridine rings is 1. The van der Waals surface area contributed by atoms with Crippen molar-refractivity contribution >= 4 is 27.8 Å². The molecule has 0 N–H and O–H groups in total. The molecule has 0 spiro atoms. The van der Waals surface area contributed by atoms with Crippen LogP contribution >= 0.6 is 0 Å². The van der Waals surface area contributed by atoms with Crippen molar-refractivity contribution in [1.29, 1.82) is 0 Å². The molecule has 0 aliphatic rings. The van der Waals surface area contributed by atoms with Crippen LogP contribution in [-0.2, 0) is 0 Å². The molecule has 2 heteroatoms. The average molecular weight is 405 g/mol. The Morgan fingerprint density at radius 2 is 1.35 bits per heavy atom. The topological polar surface area (TPSA) is 25.2 Å². The SMILES string of the molecule is C=C(C)c1ccc(-c2ccccn2)cc1.C=C(N=C(C)C)c1ccc2ccccc2c1. The fourth-order valence-electron chi connectivity index (χ4n) is 3.16. The lowest BCUT2D eigenvalue weighted by molar-refractivity contribution is 1.32. The van der Waals surface area contributed by atoms with Crippen molar-refractivity contribution in [2.45, 2.75) is 20.8 Å². The zero-order valence-electron chi connectivity index (χ0n) is 18.5. The van der Waals surface area contributed by atoms with Crippen LogP contribution in [0, 0.1) is 0 Å². The van der Waals surface area contributed by atoms with Crippen LogP contribution in [-0.4, -0.2) is 10.7 Å². The number of fused-ring (bicyclic) bond motifs is 1. The van der Waals surface area contributed by atoms with Crippen LogP contribution in [0.4, 0.5) is 0 Å². The zero-order valence-corrected chi connectivity index (χ0v) is 18.5. The lowest BCUT2D eigenvalue weighted by Gasteiger charge is -2.03. The van der Waals surface area contributed by atoms with E-state index in [0.717, 1.165) is 33.8 Å². The Morgan fingerprint density at radius 3 is 1.97 bits per heavy atom. The molecule has 1 aromatic heterocycles. The number of benzene rings is 3. The molecule has 0 fully saturated rings. The molecule has 0 saturated carbocycles. The van der Waals surface area contributed by atoms with Crippen LogP contribution in [0.25, 0.3) is 33.3 Å². The molecule has 154 valence electrons. The van der Waals surface area contributed by atoms with Gasteiger partial charge in [-0.15, -0.1) is 0 Å². The maximum atomic E-state index is 4.38. The van der Waals surface area contributed by atoms with E-state index in [1.54, 1.807) is 0 Å². The molecule has 0 atom stereocenters. The molecule has 0 unspecified atom stereocenters. The maximum Gasteiger partial charge on any atom is 0.0701 e. The summed E-state index contributed by atoms with van der Waals surface area (Å²) in [6, 6.07) is 28.8. The van der Waals surface area contributed by atoms with E-state index < -0.39 is 0 Å². The van der Waals surface area contributed by atoms with E-state index in [4.69, 9.17) is 0 Å². The Labute approximate surface area is 185 Å². The minimum Gasteiger partial charge on any atom is -0.258 e. The normalized spacial score (nSPS) is 10.0. The Bertz CT molecular complexity index is 1210. The zero-order chi connectivity index (χ0) is 22.2. The van der Waals surface area contributed by atoms with Gasteiger partial charge in [0.1, 0.15) is 0 Å². The highest BCUT2D eigenvalue weighted by Crippen LogP contribution is 2.21. The summed E-state index contributed by atoms with van der Waals surface area (Å²) in [6.07, 6.45) is 1.81. The van der Waals surface area contributed by atoms with Crippen LogP contribution in [0.15, 0.2) is 109 Å². The van der Waals surface area contributed by atoms with E-state index in [0.29, 0.717) is 0 Å². The number of aromatic nitrogens is 1. The highest BCUT2D eigenvalue weighted by molar-refractivity contribution is 5.89. The van der Waals surface area contributed by atoms with E-state index in [1.165, 1.54) is 16.3 Å². The van der Waals surface area contributed by atoms with Crippen LogP contribution in [0.3, 0.4) is 0 Å². The number of allylic oxidation sites excluding steroid dienone is 1. The van der Waals surface area contributed by atoms with Crippen molar-refractivity contribution in [3.63, 3.8) is 0 Å². The minimum absolute atomic E-state index is 0.825. The lowest BCUT2D eigenvalue weighted by Crippen LogP contribution is -1.85. The van der Waals surface area contributed by atoms with Crippen molar-refractivity contribution in [2.24, 2.45) is 4.99 Å². The van der Waals surface area contributed by atoms with Gasteiger partial charge < -0.3 is 0 Å². The first kappa shape index (κ1) is 21.9. The highest BCUT2D eigenvalue weighted by atomic mass is 14.7. The smallest absolute Gasteiger partial charge is 0.0701 e.